The summed E-state index contributed by atoms with van der Waals surface area (Å²) in [5.41, 5.74) is 2.29. The summed E-state index contributed by atoms with van der Waals surface area (Å²) in [7, 11) is 0. The van der Waals surface area contributed by atoms with Crippen LogP contribution < -0.4 is 5.32 Å². The number of halogens is 6. The standard InChI is InChI=1S/C20H26F2N4.4ClH/c1-14-11-15(3-4-17(14)21)19-13-26(10-9-25-7-2-8-25)20(24-19)16-5-6-23-12-18(16)22;;;;/h3-4,11,13,16,18,23H,2,5-10,12H2,1H3;4*1H/t16-,18+;;;;/m1..../s1. The third-order valence-corrected chi connectivity index (χ3v) is 5.61. The molecule has 2 aromatic rings. The van der Waals surface area contributed by atoms with Crippen molar-refractivity contribution in [2.45, 2.75) is 38.4 Å². The zero-order valence-electron chi connectivity index (χ0n) is 16.9. The smallest absolute Gasteiger partial charge is 0.126 e. The second-order valence-corrected chi connectivity index (χ2v) is 7.45. The van der Waals surface area contributed by atoms with Crippen LogP contribution >= 0.6 is 49.6 Å². The fraction of sp³-hybridized carbons (Fsp3) is 0.550. The third-order valence-electron chi connectivity index (χ3n) is 5.61. The lowest BCUT2D eigenvalue weighted by atomic mass is 9.95. The molecular formula is C20H30Cl4F2N4. The minimum absolute atomic E-state index is 0. The van der Waals surface area contributed by atoms with Gasteiger partial charge in [-0.05, 0) is 63.2 Å². The molecule has 4 nitrogen and oxygen atoms in total. The molecule has 1 aromatic heterocycles. The average molecular weight is 506 g/mol. The predicted molar refractivity (Wildman–Crippen MR) is 128 cm³/mol. The fourth-order valence-corrected chi connectivity index (χ4v) is 3.81. The number of hydrogen-bond acceptors (Lipinski definition) is 3. The van der Waals surface area contributed by atoms with Gasteiger partial charge >= 0.3 is 0 Å². The van der Waals surface area contributed by atoms with Gasteiger partial charge in [0.1, 0.15) is 17.8 Å². The molecule has 172 valence electrons. The molecule has 1 N–H and O–H groups in total. The van der Waals surface area contributed by atoms with E-state index in [9.17, 15) is 8.78 Å². The summed E-state index contributed by atoms with van der Waals surface area (Å²) in [5, 5.41) is 3.11. The second kappa shape index (κ2) is 13.0. The van der Waals surface area contributed by atoms with Crippen molar-refractivity contribution in [2.75, 3.05) is 32.7 Å². The van der Waals surface area contributed by atoms with E-state index in [1.165, 1.54) is 12.5 Å². The number of nitrogens with zero attached hydrogens (tertiary/aromatic N) is 3. The maximum absolute atomic E-state index is 14.5. The molecule has 2 aliphatic heterocycles. The van der Waals surface area contributed by atoms with E-state index in [2.05, 4.69) is 14.8 Å². The molecular weight excluding hydrogens is 476 g/mol. The van der Waals surface area contributed by atoms with Crippen LogP contribution in [0.15, 0.2) is 24.4 Å². The first-order valence-corrected chi connectivity index (χ1v) is 9.52. The highest BCUT2D eigenvalue weighted by molar-refractivity contribution is 5.86. The van der Waals surface area contributed by atoms with Gasteiger partial charge in [0.2, 0.25) is 0 Å². The molecule has 0 bridgehead atoms. The molecule has 1 aromatic carbocycles. The van der Waals surface area contributed by atoms with Gasteiger partial charge < -0.3 is 14.8 Å². The number of rotatable bonds is 5. The Morgan fingerprint density at radius 1 is 1.13 bits per heavy atom. The molecule has 10 heteroatoms. The zero-order chi connectivity index (χ0) is 18.1. The van der Waals surface area contributed by atoms with E-state index in [0.29, 0.717) is 12.1 Å². The van der Waals surface area contributed by atoms with E-state index in [-0.39, 0.29) is 61.4 Å². The molecule has 0 spiro atoms. The van der Waals surface area contributed by atoms with E-state index in [1.54, 1.807) is 13.0 Å². The Morgan fingerprint density at radius 2 is 1.87 bits per heavy atom. The normalized spacial score (nSPS) is 20.6. The van der Waals surface area contributed by atoms with Crippen LogP contribution in [0.5, 0.6) is 0 Å². The summed E-state index contributed by atoms with van der Waals surface area (Å²) in [4.78, 5) is 7.20. The molecule has 0 radical (unpaired) electrons. The maximum Gasteiger partial charge on any atom is 0.126 e. The van der Waals surface area contributed by atoms with Crippen LogP contribution in [0.3, 0.4) is 0 Å². The largest absolute Gasteiger partial charge is 0.333 e. The van der Waals surface area contributed by atoms with Crippen LogP contribution in [0.25, 0.3) is 11.3 Å². The molecule has 30 heavy (non-hydrogen) atoms. The first-order valence-electron chi connectivity index (χ1n) is 9.52. The molecule has 0 amide bonds. The highest BCUT2D eigenvalue weighted by Crippen LogP contribution is 2.30. The Hall–Kier alpha value is -0.630. The van der Waals surface area contributed by atoms with Gasteiger partial charge in [-0.2, -0.15) is 0 Å². The van der Waals surface area contributed by atoms with Gasteiger partial charge in [-0.15, -0.1) is 49.6 Å². The van der Waals surface area contributed by atoms with Crippen molar-refractivity contribution in [3.8, 4) is 11.3 Å². The molecule has 3 heterocycles. The molecule has 0 unspecified atom stereocenters. The van der Waals surface area contributed by atoms with Crippen molar-refractivity contribution in [1.29, 1.82) is 0 Å². The zero-order valence-corrected chi connectivity index (χ0v) is 20.1. The molecule has 2 atom stereocenters. The Morgan fingerprint density at radius 3 is 2.47 bits per heavy atom. The third kappa shape index (κ3) is 6.44. The lowest BCUT2D eigenvalue weighted by Crippen LogP contribution is -2.40. The number of nitrogens with one attached hydrogen (secondary N) is 1. The first-order chi connectivity index (χ1) is 12.6. The Balaban J connectivity index is 0.00000210. The predicted octanol–water partition coefficient (Wildman–Crippen LogP) is 4.81. The van der Waals surface area contributed by atoms with Crippen molar-refractivity contribution >= 4 is 49.6 Å². The Bertz CT molecular complexity index is 786. The molecule has 2 aliphatic rings. The van der Waals surface area contributed by atoms with E-state index in [4.69, 9.17) is 4.98 Å². The van der Waals surface area contributed by atoms with Crippen molar-refractivity contribution in [3.63, 3.8) is 0 Å². The molecule has 0 saturated carbocycles. The second-order valence-electron chi connectivity index (χ2n) is 7.45. The van der Waals surface area contributed by atoms with Gasteiger partial charge in [0.05, 0.1) is 11.6 Å². The fourth-order valence-electron chi connectivity index (χ4n) is 3.81. The van der Waals surface area contributed by atoms with Gasteiger partial charge in [0.15, 0.2) is 0 Å². The van der Waals surface area contributed by atoms with E-state index >= 15 is 0 Å². The number of imidazole rings is 1. The number of aromatic nitrogens is 2. The highest BCUT2D eigenvalue weighted by atomic mass is 35.5. The van der Waals surface area contributed by atoms with Crippen LogP contribution in [0.2, 0.25) is 0 Å². The molecule has 2 fully saturated rings. The van der Waals surface area contributed by atoms with Gasteiger partial charge in [-0.3, -0.25) is 0 Å². The quantitative estimate of drug-likeness (QED) is 0.633. The summed E-state index contributed by atoms with van der Waals surface area (Å²) in [6, 6.07) is 5.05. The van der Waals surface area contributed by atoms with Gasteiger partial charge in [-0.25, -0.2) is 13.8 Å². The van der Waals surface area contributed by atoms with Gasteiger partial charge in [0.25, 0.3) is 0 Å². The van der Waals surface area contributed by atoms with Crippen molar-refractivity contribution < 1.29 is 8.78 Å². The van der Waals surface area contributed by atoms with Gasteiger partial charge in [-0.1, -0.05) is 0 Å². The number of benzene rings is 1. The van der Waals surface area contributed by atoms with Crippen molar-refractivity contribution in [2.24, 2.45) is 0 Å². The molecule has 4 rings (SSSR count). The lowest BCUT2D eigenvalue weighted by Gasteiger charge is -2.31. The number of piperidine rings is 1. The lowest BCUT2D eigenvalue weighted by molar-refractivity contribution is 0.171. The van der Waals surface area contributed by atoms with Crippen molar-refractivity contribution in [1.82, 2.24) is 19.8 Å². The summed E-state index contributed by atoms with van der Waals surface area (Å²) in [6.45, 7) is 7.03. The van der Waals surface area contributed by atoms with Gasteiger partial charge in [0, 0.05) is 31.4 Å². The maximum atomic E-state index is 14.5. The average Bonchev–Trinajstić information content (AvgIpc) is 3.00. The topological polar surface area (TPSA) is 33.1 Å². The Labute approximate surface area is 201 Å². The van der Waals surface area contributed by atoms with Crippen molar-refractivity contribution in [3.05, 3.63) is 41.6 Å². The van der Waals surface area contributed by atoms with Crippen LogP contribution in [0.1, 0.15) is 30.1 Å². The Kier molecular flexibility index (Phi) is 12.8. The number of hydrogen-bond donors (Lipinski definition) is 1. The summed E-state index contributed by atoms with van der Waals surface area (Å²) >= 11 is 0. The molecule has 2 saturated heterocycles. The van der Waals surface area contributed by atoms with Crippen LogP contribution in [-0.2, 0) is 6.54 Å². The van der Waals surface area contributed by atoms with E-state index in [1.807, 2.05) is 12.3 Å². The van der Waals surface area contributed by atoms with E-state index < -0.39 is 6.17 Å². The van der Waals surface area contributed by atoms with E-state index in [0.717, 1.165) is 56.2 Å². The summed E-state index contributed by atoms with van der Waals surface area (Å²) < 4.78 is 30.3. The summed E-state index contributed by atoms with van der Waals surface area (Å²) in [6.07, 6.45) is 3.11. The minimum atomic E-state index is -0.920. The van der Waals surface area contributed by atoms with Crippen LogP contribution in [-0.4, -0.2) is 53.3 Å². The summed E-state index contributed by atoms with van der Waals surface area (Å²) in [5.74, 6) is 0.438. The highest BCUT2D eigenvalue weighted by Gasteiger charge is 2.30. The SMILES string of the molecule is Cc1cc(-c2cn(CCN3CCC3)c([C@@H]3CCNC[C@@H]3F)n2)ccc1F.Cl.Cl.Cl.Cl. The number of aryl methyl sites for hydroxylation is 1. The number of likely N-dealkylation sites (tertiary alicyclic amines) is 1. The monoisotopic (exact) mass is 504 g/mol. The first kappa shape index (κ1) is 29.4. The van der Waals surface area contributed by atoms with Crippen LogP contribution in [0, 0.1) is 12.7 Å². The molecule has 0 aliphatic carbocycles. The minimum Gasteiger partial charge on any atom is -0.333 e. The number of alkyl halides is 1. The van der Waals surface area contributed by atoms with Crippen LogP contribution in [0.4, 0.5) is 8.78 Å².